The second-order valence-electron chi connectivity index (χ2n) is 5.37. The molecule has 2 heterocycles. The first-order chi connectivity index (χ1) is 10.0. The van der Waals surface area contributed by atoms with Crippen LogP contribution < -0.4 is 10.1 Å². The molecular formula is C15H18N2O4. The van der Waals surface area contributed by atoms with Crippen LogP contribution in [0.1, 0.15) is 25.5 Å². The number of hydrogen-bond donors (Lipinski definition) is 1. The maximum absolute atomic E-state index is 12.3. The molecule has 1 aromatic rings. The maximum atomic E-state index is 12.3. The van der Waals surface area contributed by atoms with Gasteiger partial charge in [0.05, 0.1) is 13.2 Å². The Morgan fingerprint density at radius 1 is 1.48 bits per heavy atom. The Labute approximate surface area is 123 Å². The van der Waals surface area contributed by atoms with Crippen molar-refractivity contribution in [3.63, 3.8) is 0 Å². The van der Waals surface area contributed by atoms with E-state index in [0.717, 1.165) is 5.56 Å². The Morgan fingerprint density at radius 3 is 2.86 bits per heavy atom. The Morgan fingerprint density at radius 2 is 2.19 bits per heavy atom. The summed E-state index contributed by atoms with van der Waals surface area (Å²) in [5.74, 6) is -0.325. The molecule has 0 spiro atoms. The van der Waals surface area contributed by atoms with Crippen LogP contribution in [0, 0.1) is 5.92 Å². The van der Waals surface area contributed by atoms with Crippen molar-refractivity contribution in [2.45, 2.75) is 25.6 Å². The van der Waals surface area contributed by atoms with Crippen molar-refractivity contribution in [1.82, 2.24) is 10.2 Å². The first-order valence-corrected chi connectivity index (χ1v) is 6.96. The summed E-state index contributed by atoms with van der Waals surface area (Å²) >= 11 is 0. The molecule has 21 heavy (non-hydrogen) atoms. The average molecular weight is 290 g/mol. The predicted octanol–water partition coefficient (Wildman–Crippen LogP) is 1.67. The summed E-state index contributed by atoms with van der Waals surface area (Å²) in [5, 5.41) is 2.90. The number of carbonyl (C=O) groups is 2. The van der Waals surface area contributed by atoms with Gasteiger partial charge < -0.3 is 14.8 Å². The summed E-state index contributed by atoms with van der Waals surface area (Å²) < 4.78 is 11.0. The quantitative estimate of drug-likeness (QED) is 0.841. The number of hydrogen-bond acceptors (Lipinski definition) is 4. The van der Waals surface area contributed by atoms with E-state index >= 15 is 0 Å². The van der Waals surface area contributed by atoms with Gasteiger partial charge in [-0.15, -0.1) is 0 Å². The van der Waals surface area contributed by atoms with Crippen molar-refractivity contribution in [3.05, 3.63) is 29.8 Å². The molecule has 2 amide bonds. The lowest BCUT2D eigenvalue weighted by Gasteiger charge is -2.54. The highest BCUT2D eigenvalue weighted by Gasteiger charge is 2.59. The fraction of sp³-hybridized carbons (Fsp3) is 0.467. The molecule has 0 aromatic heterocycles. The topological polar surface area (TPSA) is 67.9 Å². The van der Waals surface area contributed by atoms with Crippen LogP contribution >= 0.6 is 0 Å². The number of carbonyl (C=O) groups excluding carboxylic acids is 2. The van der Waals surface area contributed by atoms with Gasteiger partial charge >= 0.3 is 12.0 Å². The van der Waals surface area contributed by atoms with Crippen molar-refractivity contribution < 1.29 is 19.1 Å². The minimum Gasteiger partial charge on any atom is -0.469 e. The summed E-state index contributed by atoms with van der Waals surface area (Å²) in [6, 6.07) is 6.76. The van der Waals surface area contributed by atoms with Crippen LogP contribution in [-0.4, -0.2) is 36.3 Å². The molecule has 6 nitrogen and oxygen atoms in total. The van der Waals surface area contributed by atoms with Crippen molar-refractivity contribution in [1.29, 1.82) is 0 Å². The second-order valence-corrected chi connectivity index (χ2v) is 5.37. The second kappa shape index (κ2) is 4.65. The molecule has 2 bridgehead atoms. The van der Waals surface area contributed by atoms with E-state index in [4.69, 9.17) is 9.47 Å². The number of fused-ring (bicyclic) bond motifs is 4. The molecule has 2 aliphatic rings. The third kappa shape index (κ3) is 1.78. The average Bonchev–Trinajstić information content (AvgIpc) is 2.46. The van der Waals surface area contributed by atoms with Crippen LogP contribution in [0.5, 0.6) is 5.75 Å². The van der Waals surface area contributed by atoms with E-state index in [0.29, 0.717) is 12.3 Å². The number of rotatable bonds is 2. The molecular weight excluding hydrogens is 272 g/mol. The molecule has 0 radical (unpaired) electrons. The molecule has 1 N–H and O–H groups in total. The van der Waals surface area contributed by atoms with Crippen LogP contribution in [0.4, 0.5) is 4.79 Å². The van der Waals surface area contributed by atoms with E-state index in [1.165, 1.54) is 12.0 Å². The van der Waals surface area contributed by atoms with Crippen LogP contribution in [0.2, 0.25) is 0 Å². The van der Waals surface area contributed by atoms with Gasteiger partial charge in [-0.05, 0) is 19.9 Å². The van der Waals surface area contributed by atoms with E-state index in [-0.39, 0.29) is 6.03 Å². The molecule has 6 heteroatoms. The summed E-state index contributed by atoms with van der Waals surface area (Å²) in [6.07, 6.45) is 0. The Bertz CT molecular complexity index is 603. The van der Waals surface area contributed by atoms with E-state index in [1.807, 2.05) is 31.2 Å². The number of esters is 1. The number of nitrogens with zero attached hydrogens (tertiary/aromatic N) is 1. The largest absolute Gasteiger partial charge is 0.469 e. The Balaban J connectivity index is 2.18. The number of para-hydroxylation sites is 1. The van der Waals surface area contributed by atoms with E-state index < -0.39 is 23.7 Å². The predicted molar refractivity (Wildman–Crippen MR) is 74.6 cm³/mol. The molecule has 1 fully saturated rings. The van der Waals surface area contributed by atoms with Crippen LogP contribution in [0.25, 0.3) is 0 Å². The monoisotopic (exact) mass is 290 g/mol. The van der Waals surface area contributed by atoms with Gasteiger partial charge in [-0.3, -0.25) is 9.69 Å². The lowest BCUT2D eigenvalue weighted by molar-refractivity contribution is -0.175. The minimum atomic E-state index is -1.05. The van der Waals surface area contributed by atoms with E-state index in [2.05, 4.69) is 5.32 Å². The molecule has 0 saturated carbocycles. The van der Waals surface area contributed by atoms with Crippen molar-refractivity contribution >= 4 is 12.0 Å². The lowest BCUT2D eigenvalue weighted by Crippen LogP contribution is -2.71. The highest BCUT2D eigenvalue weighted by molar-refractivity contribution is 5.84. The number of ether oxygens (including phenoxy) is 2. The van der Waals surface area contributed by atoms with Gasteiger partial charge in [-0.25, -0.2) is 4.79 Å². The fourth-order valence-electron chi connectivity index (χ4n) is 3.34. The zero-order valence-electron chi connectivity index (χ0n) is 12.3. The first-order valence-electron chi connectivity index (χ1n) is 6.96. The van der Waals surface area contributed by atoms with Crippen LogP contribution in [0.15, 0.2) is 24.3 Å². The number of urea groups is 1. The molecule has 112 valence electrons. The van der Waals surface area contributed by atoms with Gasteiger partial charge in [0.25, 0.3) is 0 Å². The molecule has 2 aliphatic heterocycles. The normalized spacial score (nSPS) is 30.0. The molecule has 1 saturated heterocycles. The third-order valence-corrected chi connectivity index (χ3v) is 4.31. The Hall–Kier alpha value is -2.24. The number of nitrogens with one attached hydrogen (secondary N) is 1. The standard InChI is InChI=1S/C15H18N2O4/c1-4-17-14(19)16-12-9-7-5-6-8-10(9)21-15(17,2)11(12)13(18)20-3/h5-8,11-12H,4H2,1-3H3,(H,16,19). The zero-order chi connectivity index (χ0) is 15.2. The van der Waals surface area contributed by atoms with Crippen molar-refractivity contribution in [3.8, 4) is 5.75 Å². The first kappa shape index (κ1) is 13.7. The van der Waals surface area contributed by atoms with Crippen molar-refractivity contribution in [2.24, 2.45) is 5.92 Å². The third-order valence-electron chi connectivity index (χ3n) is 4.31. The fourth-order valence-corrected chi connectivity index (χ4v) is 3.34. The minimum absolute atomic E-state index is 0.236. The summed E-state index contributed by atoms with van der Waals surface area (Å²) in [4.78, 5) is 26.1. The number of amides is 2. The summed E-state index contributed by atoms with van der Waals surface area (Å²) in [6.45, 7) is 4.05. The summed E-state index contributed by atoms with van der Waals surface area (Å²) in [5.41, 5.74) is -0.252. The molecule has 0 aliphatic carbocycles. The highest BCUT2D eigenvalue weighted by Crippen LogP contribution is 2.48. The van der Waals surface area contributed by atoms with Gasteiger partial charge in [0.15, 0.2) is 5.72 Å². The van der Waals surface area contributed by atoms with Gasteiger partial charge in [0.2, 0.25) is 0 Å². The molecule has 3 rings (SSSR count). The lowest BCUT2D eigenvalue weighted by atomic mass is 9.79. The van der Waals surface area contributed by atoms with Gasteiger partial charge in [-0.1, -0.05) is 18.2 Å². The molecule has 3 atom stereocenters. The van der Waals surface area contributed by atoms with Gasteiger partial charge in [-0.2, -0.15) is 0 Å². The van der Waals surface area contributed by atoms with E-state index in [9.17, 15) is 9.59 Å². The molecule has 3 unspecified atom stereocenters. The van der Waals surface area contributed by atoms with Crippen LogP contribution in [-0.2, 0) is 9.53 Å². The zero-order valence-corrected chi connectivity index (χ0v) is 12.3. The van der Waals surface area contributed by atoms with Gasteiger partial charge in [0, 0.05) is 12.1 Å². The number of methoxy groups -OCH3 is 1. The molecule has 1 aromatic carbocycles. The Kier molecular flexibility index (Phi) is 3.04. The van der Waals surface area contributed by atoms with Gasteiger partial charge in [0.1, 0.15) is 11.7 Å². The summed E-state index contributed by atoms with van der Waals surface area (Å²) in [7, 11) is 1.35. The smallest absolute Gasteiger partial charge is 0.321 e. The van der Waals surface area contributed by atoms with Crippen molar-refractivity contribution in [2.75, 3.05) is 13.7 Å². The highest BCUT2D eigenvalue weighted by atomic mass is 16.5. The number of benzene rings is 1. The van der Waals surface area contributed by atoms with E-state index in [1.54, 1.807) is 6.92 Å². The SMILES string of the molecule is CCN1C(=O)NC2c3ccccc3OC1(C)C2C(=O)OC. The van der Waals surface area contributed by atoms with Crippen LogP contribution in [0.3, 0.4) is 0 Å². The maximum Gasteiger partial charge on any atom is 0.321 e.